The number of aromatic nitrogens is 3. The Balaban J connectivity index is -0.000000114. The smallest absolute Gasteiger partial charge is 0 e. The minimum atomic E-state index is 0. The zero-order valence-electron chi connectivity index (χ0n) is 8.57. The average molecular weight is 274 g/mol. The number of rotatable bonds is 1. The van der Waals surface area contributed by atoms with Crippen LogP contribution in [0.3, 0.4) is 0 Å². The molecule has 0 unspecified atom stereocenters. The molecular weight excluding hydrogens is 253 g/mol. The van der Waals surface area contributed by atoms with Crippen LogP contribution in [0.5, 0.6) is 0 Å². The van der Waals surface area contributed by atoms with Gasteiger partial charge in [0.25, 0.3) is 0 Å². The molecule has 1 radical (unpaired) electrons. The van der Waals surface area contributed by atoms with Gasteiger partial charge in [-0.2, -0.15) is 0 Å². The van der Waals surface area contributed by atoms with Gasteiger partial charge in [-0.05, 0) is 12.2 Å². The largest absolute Gasteiger partial charge is 0.372 e. The van der Waals surface area contributed by atoms with E-state index < -0.39 is 0 Å². The number of hydrogen-bond donors (Lipinski definition) is 0. The van der Waals surface area contributed by atoms with Crippen molar-refractivity contribution in [2.45, 2.75) is 35.1 Å². The van der Waals surface area contributed by atoms with Crippen LogP contribution in [-0.4, -0.2) is 20.6 Å². The van der Waals surface area contributed by atoms with Crippen LogP contribution in [-0.2, 0) is 32.7 Å². The molecule has 0 aromatic carbocycles. The van der Waals surface area contributed by atoms with Crippen LogP contribution < -0.4 is 0 Å². The van der Waals surface area contributed by atoms with Crippen LogP contribution in [0, 0.1) is 20.2 Å². The van der Waals surface area contributed by atoms with Gasteiger partial charge >= 0.3 is 0 Å². The van der Waals surface area contributed by atoms with Crippen molar-refractivity contribution in [3.63, 3.8) is 0 Å². The molecule has 1 rings (SSSR count). The molecule has 0 amide bonds. The molecule has 1 aromatic rings. The molecule has 0 saturated heterocycles. The Kier molecular flexibility index (Phi) is 15.0. The minimum Gasteiger partial charge on any atom is -0.372 e. The van der Waals surface area contributed by atoms with Crippen LogP contribution in [0.1, 0.15) is 35.4 Å². The first-order chi connectivity index (χ1) is 5.70. The van der Waals surface area contributed by atoms with Crippen molar-refractivity contribution in [2.75, 3.05) is 0 Å². The molecule has 0 spiro atoms. The van der Waals surface area contributed by atoms with Gasteiger partial charge in [-0.15, -0.1) is 5.71 Å². The molecule has 0 bridgehead atoms. The Hall–Kier alpha value is -0.216. The summed E-state index contributed by atoms with van der Waals surface area (Å²) in [6.45, 7) is 11.2. The summed E-state index contributed by atoms with van der Waals surface area (Å²) < 4.78 is 1.46. The summed E-state index contributed by atoms with van der Waals surface area (Å²) in [4.78, 5) is 0. The van der Waals surface area contributed by atoms with Gasteiger partial charge in [0.15, 0.2) is 0 Å². The van der Waals surface area contributed by atoms with Crippen molar-refractivity contribution >= 4 is 5.71 Å². The maximum atomic E-state index is 3.96. The molecule has 81 valence electrons. The number of nitrogens with zero attached hydrogens (tertiary/aromatic N) is 4. The second-order valence-corrected chi connectivity index (χ2v) is 1.99. The average Bonchev–Trinajstić information content (AvgIpc) is 2.40. The molecule has 5 heteroatoms. The second kappa shape index (κ2) is 10.9. The fraction of sp³-hybridized carbons (Fsp3) is 0.556. The zero-order chi connectivity index (χ0) is 9.56. The molecule has 0 aliphatic carbocycles. The van der Waals surface area contributed by atoms with Crippen LogP contribution in [0.25, 0.3) is 0 Å². The van der Waals surface area contributed by atoms with Crippen molar-refractivity contribution < 1.29 is 34.1 Å². The van der Waals surface area contributed by atoms with E-state index in [1.54, 1.807) is 13.8 Å². The second-order valence-electron chi connectivity index (χ2n) is 1.99. The van der Waals surface area contributed by atoms with Crippen molar-refractivity contribution in [1.82, 2.24) is 14.9 Å². The third kappa shape index (κ3) is 7.21. The monoisotopic (exact) mass is 274 g/mol. The molecular formula is C9H20N4Y-2. The first-order valence-electron chi connectivity index (χ1n) is 3.87. The first kappa shape index (κ1) is 19.4. The fourth-order valence-corrected chi connectivity index (χ4v) is 0.517. The summed E-state index contributed by atoms with van der Waals surface area (Å²) in [5, 5.41) is 11.2. The van der Waals surface area contributed by atoms with E-state index >= 15 is 0 Å². The standard InChI is InChI=1S/C6H8N4.C2H6.CH4.Y.H2/c1-5(2)9-10-4-7-8-6(10)3;1-2;;;/h1H2,2-3H3;1-2H3;1H4;;1H/q-2;;;;/i;;;;1+1. The van der Waals surface area contributed by atoms with Gasteiger partial charge in [0.05, 0.1) is 0 Å². The summed E-state index contributed by atoms with van der Waals surface area (Å²) in [5.41, 5.74) is 0.708. The third-order valence-electron chi connectivity index (χ3n) is 0.911. The van der Waals surface area contributed by atoms with E-state index in [2.05, 4.69) is 28.5 Å². The molecule has 4 nitrogen and oxygen atoms in total. The Morgan fingerprint density at radius 3 is 2.36 bits per heavy atom. The van der Waals surface area contributed by atoms with Gasteiger partial charge in [-0.25, -0.2) is 5.10 Å². The fourth-order valence-electron chi connectivity index (χ4n) is 0.517. The molecule has 14 heavy (non-hydrogen) atoms. The first-order valence-corrected chi connectivity index (χ1v) is 3.87. The van der Waals surface area contributed by atoms with E-state index in [0.29, 0.717) is 11.5 Å². The van der Waals surface area contributed by atoms with Gasteiger partial charge in [-0.1, -0.05) is 35.1 Å². The van der Waals surface area contributed by atoms with E-state index in [1.807, 2.05) is 13.8 Å². The molecule has 0 atom stereocenters. The Labute approximate surface area is 114 Å². The van der Waals surface area contributed by atoms with E-state index in [-0.39, 0.29) is 41.6 Å². The Bertz CT molecular complexity index is 256. The minimum absolute atomic E-state index is 0. The predicted molar refractivity (Wildman–Crippen MR) is 57.7 cm³/mol. The van der Waals surface area contributed by atoms with E-state index in [0.717, 1.165) is 0 Å². The van der Waals surface area contributed by atoms with E-state index in [4.69, 9.17) is 0 Å². The number of hydrogen-bond acceptors (Lipinski definition) is 3. The number of aryl methyl sites for hydroxylation is 1. The van der Waals surface area contributed by atoms with Crippen molar-refractivity contribution in [3.05, 3.63) is 19.1 Å². The maximum absolute atomic E-state index is 3.96. The van der Waals surface area contributed by atoms with Gasteiger partial charge in [0.2, 0.25) is 0 Å². The summed E-state index contributed by atoms with van der Waals surface area (Å²) in [6, 6.07) is 0. The third-order valence-corrected chi connectivity index (χ3v) is 0.911. The maximum Gasteiger partial charge on any atom is 0 e. The van der Waals surface area contributed by atoms with E-state index in [1.165, 1.54) is 4.68 Å². The van der Waals surface area contributed by atoms with Gasteiger partial charge in [0, 0.05) is 34.1 Å². The molecule has 0 aliphatic heterocycles. The topological polar surface area (TPSA) is 43.1 Å². The molecule has 0 aliphatic rings. The molecule has 0 N–H and O–H groups in total. The summed E-state index contributed by atoms with van der Waals surface area (Å²) in [6.07, 6.45) is 2.56. The SMILES string of the molecule is C.CC.[2HH].[CH2-]C(C)=Nn1[c-]nnc1C.[Y]. The van der Waals surface area contributed by atoms with E-state index in [9.17, 15) is 0 Å². The van der Waals surface area contributed by atoms with Crippen LogP contribution in [0.4, 0.5) is 0 Å². The van der Waals surface area contributed by atoms with Gasteiger partial charge in [0.1, 0.15) is 0 Å². The Morgan fingerprint density at radius 1 is 1.57 bits per heavy atom. The van der Waals surface area contributed by atoms with Crippen molar-refractivity contribution in [1.29, 1.82) is 0 Å². The van der Waals surface area contributed by atoms with Crippen molar-refractivity contribution in [2.24, 2.45) is 5.10 Å². The van der Waals surface area contributed by atoms with Gasteiger partial charge in [-0.3, -0.25) is 10.2 Å². The molecule has 1 heterocycles. The summed E-state index contributed by atoms with van der Waals surface area (Å²) in [7, 11) is 0. The van der Waals surface area contributed by atoms with Crippen molar-refractivity contribution in [3.8, 4) is 0 Å². The van der Waals surface area contributed by atoms with Gasteiger partial charge < -0.3 is 11.6 Å². The van der Waals surface area contributed by atoms with Crippen LogP contribution in [0.15, 0.2) is 5.10 Å². The zero-order valence-corrected chi connectivity index (χ0v) is 11.4. The van der Waals surface area contributed by atoms with Crippen LogP contribution in [0.2, 0.25) is 0 Å². The Morgan fingerprint density at radius 2 is 2.07 bits per heavy atom. The summed E-state index contributed by atoms with van der Waals surface area (Å²) >= 11 is 0. The molecule has 0 fully saturated rings. The molecule has 0 saturated carbocycles. The van der Waals surface area contributed by atoms with Crippen LogP contribution >= 0.6 is 0 Å². The normalized spacial score (nSPS) is 9.00. The summed E-state index contributed by atoms with van der Waals surface area (Å²) in [5.74, 6) is 0.711. The quantitative estimate of drug-likeness (QED) is 0.582. The predicted octanol–water partition coefficient (Wildman–Crippen LogP) is 2.35. The molecule has 1 aromatic heterocycles.